The molecular formula is C13H14ClN3O3. The molecule has 2 aromatic heterocycles. The highest BCUT2D eigenvalue weighted by atomic mass is 35.5. The summed E-state index contributed by atoms with van der Waals surface area (Å²) in [7, 11) is 0. The molecule has 2 N–H and O–H groups in total. The molecular weight excluding hydrogens is 282 g/mol. The summed E-state index contributed by atoms with van der Waals surface area (Å²) in [5.74, 6) is -1.41. The first kappa shape index (κ1) is 14.3. The van der Waals surface area contributed by atoms with Crippen molar-refractivity contribution in [3.05, 3.63) is 35.2 Å². The number of pyridine rings is 1. The summed E-state index contributed by atoms with van der Waals surface area (Å²) in [6.07, 6.45) is 3.75. The van der Waals surface area contributed by atoms with Gasteiger partial charge in [-0.15, -0.1) is 0 Å². The lowest BCUT2D eigenvalue weighted by atomic mass is 10.2. The monoisotopic (exact) mass is 295 g/mol. The number of amides is 1. The van der Waals surface area contributed by atoms with E-state index < -0.39 is 12.0 Å². The average Bonchev–Trinajstić information content (AvgIpc) is 2.76. The number of carbonyl (C=O) groups is 2. The van der Waals surface area contributed by atoms with Crippen LogP contribution in [-0.4, -0.2) is 32.4 Å². The van der Waals surface area contributed by atoms with Crippen LogP contribution in [0.15, 0.2) is 24.5 Å². The Balaban J connectivity index is 2.08. The van der Waals surface area contributed by atoms with E-state index in [0.29, 0.717) is 22.8 Å². The van der Waals surface area contributed by atoms with Gasteiger partial charge in [0.1, 0.15) is 11.7 Å². The average molecular weight is 296 g/mol. The van der Waals surface area contributed by atoms with E-state index in [1.54, 1.807) is 35.9 Å². The number of aliphatic carboxylic acids is 1. The van der Waals surface area contributed by atoms with Crippen LogP contribution >= 0.6 is 11.6 Å². The molecule has 20 heavy (non-hydrogen) atoms. The van der Waals surface area contributed by atoms with Crippen LogP contribution in [-0.2, 0) is 16.0 Å². The van der Waals surface area contributed by atoms with Crippen molar-refractivity contribution in [2.75, 3.05) is 0 Å². The molecule has 1 amide bonds. The third-order valence-electron chi connectivity index (χ3n) is 2.85. The maximum Gasteiger partial charge on any atom is 0.326 e. The lowest BCUT2D eigenvalue weighted by Gasteiger charge is -2.11. The predicted molar refractivity (Wildman–Crippen MR) is 73.8 cm³/mol. The number of carboxylic acid groups (broad SMARTS) is 1. The summed E-state index contributed by atoms with van der Waals surface area (Å²) >= 11 is 5.86. The van der Waals surface area contributed by atoms with E-state index in [2.05, 4.69) is 10.3 Å². The molecule has 106 valence electrons. The van der Waals surface area contributed by atoms with Crippen LogP contribution in [0.25, 0.3) is 5.65 Å². The van der Waals surface area contributed by atoms with Crippen LogP contribution in [0.4, 0.5) is 0 Å². The summed E-state index contributed by atoms with van der Waals surface area (Å²) in [6.45, 7) is 1.70. The maximum absolute atomic E-state index is 11.8. The van der Waals surface area contributed by atoms with E-state index in [-0.39, 0.29) is 12.3 Å². The van der Waals surface area contributed by atoms with E-state index in [0.717, 1.165) is 0 Å². The van der Waals surface area contributed by atoms with Crippen LogP contribution in [0.3, 0.4) is 0 Å². The smallest absolute Gasteiger partial charge is 0.326 e. The van der Waals surface area contributed by atoms with Crippen molar-refractivity contribution in [2.45, 2.75) is 25.8 Å². The molecule has 0 radical (unpaired) electrons. The highest BCUT2D eigenvalue weighted by molar-refractivity contribution is 6.30. The first-order valence-electron chi connectivity index (χ1n) is 6.15. The number of halogens is 1. The quantitative estimate of drug-likeness (QED) is 0.876. The van der Waals surface area contributed by atoms with E-state index in [1.165, 1.54) is 0 Å². The second-order valence-corrected chi connectivity index (χ2v) is 4.82. The molecule has 0 saturated heterocycles. The van der Waals surface area contributed by atoms with Crippen LogP contribution < -0.4 is 5.32 Å². The van der Waals surface area contributed by atoms with Crippen molar-refractivity contribution < 1.29 is 14.7 Å². The molecule has 0 aliphatic heterocycles. The lowest BCUT2D eigenvalue weighted by Crippen LogP contribution is -2.41. The molecule has 0 aliphatic rings. The SMILES string of the molecule is CCC(NC(=O)Cc1cn2cc(Cl)ccc2n1)C(=O)O. The Kier molecular flexibility index (Phi) is 4.24. The zero-order valence-electron chi connectivity index (χ0n) is 10.8. The second-order valence-electron chi connectivity index (χ2n) is 4.39. The fraction of sp³-hybridized carbons (Fsp3) is 0.308. The maximum atomic E-state index is 11.8. The fourth-order valence-corrected chi connectivity index (χ4v) is 2.02. The van der Waals surface area contributed by atoms with Crippen molar-refractivity contribution >= 4 is 29.1 Å². The number of rotatable bonds is 5. The van der Waals surface area contributed by atoms with Gasteiger partial charge in [-0.25, -0.2) is 9.78 Å². The van der Waals surface area contributed by atoms with Gasteiger partial charge < -0.3 is 14.8 Å². The Bertz CT molecular complexity index is 653. The molecule has 1 unspecified atom stereocenters. The van der Waals surface area contributed by atoms with Gasteiger partial charge in [-0.1, -0.05) is 18.5 Å². The largest absolute Gasteiger partial charge is 0.480 e. The summed E-state index contributed by atoms with van der Waals surface area (Å²) < 4.78 is 1.72. The van der Waals surface area contributed by atoms with Crippen LogP contribution in [0.2, 0.25) is 5.02 Å². The first-order chi connectivity index (χ1) is 9.49. The Labute approximate surface area is 120 Å². The van der Waals surface area contributed by atoms with E-state index in [4.69, 9.17) is 16.7 Å². The van der Waals surface area contributed by atoms with Crippen LogP contribution in [0, 0.1) is 0 Å². The number of aromatic nitrogens is 2. The highest BCUT2D eigenvalue weighted by Gasteiger charge is 2.18. The predicted octanol–water partition coefficient (Wildman–Crippen LogP) is 1.51. The summed E-state index contributed by atoms with van der Waals surface area (Å²) in [5.41, 5.74) is 1.24. The third-order valence-corrected chi connectivity index (χ3v) is 3.07. The summed E-state index contributed by atoms with van der Waals surface area (Å²) in [5, 5.41) is 11.9. The van der Waals surface area contributed by atoms with Crippen molar-refractivity contribution in [1.29, 1.82) is 0 Å². The molecule has 6 nitrogen and oxygen atoms in total. The number of imidazole rings is 1. The van der Waals surface area contributed by atoms with Crippen LogP contribution in [0.5, 0.6) is 0 Å². The topological polar surface area (TPSA) is 83.7 Å². The van der Waals surface area contributed by atoms with Crippen molar-refractivity contribution in [3.8, 4) is 0 Å². The zero-order valence-corrected chi connectivity index (χ0v) is 11.6. The molecule has 0 fully saturated rings. The molecule has 2 rings (SSSR count). The van der Waals surface area contributed by atoms with E-state index in [9.17, 15) is 9.59 Å². The van der Waals surface area contributed by atoms with E-state index >= 15 is 0 Å². The van der Waals surface area contributed by atoms with Gasteiger partial charge >= 0.3 is 5.97 Å². The van der Waals surface area contributed by atoms with Gasteiger partial charge in [-0.2, -0.15) is 0 Å². The van der Waals surface area contributed by atoms with Crippen LogP contribution in [0.1, 0.15) is 19.0 Å². The minimum atomic E-state index is -1.04. The third kappa shape index (κ3) is 3.27. The zero-order chi connectivity index (χ0) is 14.7. The first-order valence-corrected chi connectivity index (χ1v) is 6.52. The standard InChI is InChI=1S/C13H14ClN3O3/c1-2-10(13(19)20)16-12(18)5-9-7-17-6-8(14)3-4-11(17)15-9/h3-4,6-7,10H,2,5H2,1H3,(H,16,18)(H,19,20). The molecule has 0 aromatic carbocycles. The minimum absolute atomic E-state index is 0.0308. The van der Waals surface area contributed by atoms with Crippen molar-refractivity contribution in [2.24, 2.45) is 0 Å². The van der Waals surface area contributed by atoms with Crippen molar-refractivity contribution in [1.82, 2.24) is 14.7 Å². The number of hydrogen-bond donors (Lipinski definition) is 2. The lowest BCUT2D eigenvalue weighted by molar-refractivity contribution is -0.141. The Morgan fingerprint density at radius 2 is 2.20 bits per heavy atom. The fourth-order valence-electron chi connectivity index (χ4n) is 1.85. The number of nitrogens with zero attached hydrogens (tertiary/aromatic N) is 2. The highest BCUT2D eigenvalue weighted by Crippen LogP contribution is 2.12. The normalized spacial score (nSPS) is 12.3. The molecule has 0 bridgehead atoms. The van der Waals surface area contributed by atoms with Gasteiger partial charge in [0.05, 0.1) is 17.1 Å². The Morgan fingerprint density at radius 1 is 1.45 bits per heavy atom. The van der Waals surface area contributed by atoms with Gasteiger partial charge in [0.15, 0.2) is 0 Å². The van der Waals surface area contributed by atoms with Gasteiger partial charge in [-0.3, -0.25) is 4.79 Å². The molecule has 1 atom stereocenters. The summed E-state index contributed by atoms with van der Waals surface area (Å²) in [4.78, 5) is 26.9. The number of carboxylic acids is 1. The van der Waals surface area contributed by atoms with Crippen molar-refractivity contribution in [3.63, 3.8) is 0 Å². The van der Waals surface area contributed by atoms with Gasteiger partial charge in [-0.05, 0) is 18.6 Å². The number of hydrogen-bond acceptors (Lipinski definition) is 3. The van der Waals surface area contributed by atoms with Gasteiger partial charge in [0, 0.05) is 12.4 Å². The molecule has 0 saturated carbocycles. The molecule has 0 spiro atoms. The Hall–Kier alpha value is -2.08. The molecule has 0 aliphatic carbocycles. The molecule has 2 aromatic rings. The number of carbonyl (C=O) groups excluding carboxylic acids is 1. The minimum Gasteiger partial charge on any atom is -0.480 e. The van der Waals surface area contributed by atoms with E-state index in [1.807, 2.05) is 0 Å². The summed E-state index contributed by atoms with van der Waals surface area (Å²) in [6, 6.07) is 2.59. The van der Waals surface area contributed by atoms with Gasteiger partial charge in [0.2, 0.25) is 5.91 Å². The Morgan fingerprint density at radius 3 is 2.85 bits per heavy atom. The molecule has 7 heteroatoms. The number of fused-ring (bicyclic) bond motifs is 1. The molecule has 2 heterocycles. The second kappa shape index (κ2) is 5.92. The van der Waals surface area contributed by atoms with Gasteiger partial charge in [0.25, 0.3) is 0 Å². The number of nitrogens with one attached hydrogen (secondary N) is 1.